The Morgan fingerprint density at radius 1 is 0.900 bits per heavy atom. The van der Waals surface area contributed by atoms with E-state index >= 15 is 0 Å². The lowest BCUT2D eigenvalue weighted by molar-refractivity contribution is -0.116. The zero-order valence-corrected chi connectivity index (χ0v) is 17.9. The number of nitrogens with one attached hydrogen (secondary N) is 1. The van der Waals surface area contributed by atoms with Gasteiger partial charge in [0.2, 0.25) is 15.9 Å². The van der Waals surface area contributed by atoms with Crippen LogP contribution in [0, 0.1) is 6.92 Å². The van der Waals surface area contributed by atoms with Crippen LogP contribution in [-0.2, 0) is 14.8 Å². The van der Waals surface area contributed by atoms with Gasteiger partial charge in [0.25, 0.3) is 0 Å². The molecule has 3 aromatic carbocycles. The molecule has 0 aromatic heterocycles. The molecular formula is C23H24N2O4S. The monoisotopic (exact) mass is 424 g/mol. The molecule has 0 aliphatic carbocycles. The predicted molar refractivity (Wildman–Crippen MR) is 120 cm³/mol. The summed E-state index contributed by atoms with van der Waals surface area (Å²) in [6.07, 6.45) is 1.08. The summed E-state index contributed by atoms with van der Waals surface area (Å²) in [4.78, 5) is 12.8. The molecule has 0 radical (unpaired) electrons. The number of anilines is 2. The highest BCUT2D eigenvalue weighted by Gasteiger charge is 2.29. The number of carbonyl (C=O) groups excluding carboxylic acids is 1. The summed E-state index contributed by atoms with van der Waals surface area (Å²) in [6.45, 7) is 3.43. The average Bonchev–Trinajstić information content (AvgIpc) is 2.71. The average molecular weight is 425 g/mol. The third-order valence-corrected chi connectivity index (χ3v) is 5.80. The van der Waals surface area contributed by atoms with E-state index in [1.165, 1.54) is 0 Å². The molecule has 30 heavy (non-hydrogen) atoms. The van der Waals surface area contributed by atoms with Crippen molar-refractivity contribution >= 4 is 27.3 Å². The third kappa shape index (κ3) is 5.18. The van der Waals surface area contributed by atoms with E-state index in [0.717, 1.165) is 16.1 Å². The number of sulfonamides is 1. The van der Waals surface area contributed by atoms with Crippen molar-refractivity contribution in [2.45, 2.75) is 19.9 Å². The number of carbonyl (C=O) groups is 1. The van der Waals surface area contributed by atoms with Crippen molar-refractivity contribution in [3.8, 4) is 11.5 Å². The van der Waals surface area contributed by atoms with Crippen molar-refractivity contribution in [2.24, 2.45) is 0 Å². The summed E-state index contributed by atoms with van der Waals surface area (Å²) in [5.74, 6) is 0.825. The highest BCUT2D eigenvalue weighted by atomic mass is 32.2. The second kappa shape index (κ2) is 9.00. The first-order valence-electron chi connectivity index (χ1n) is 9.44. The van der Waals surface area contributed by atoms with Crippen molar-refractivity contribution in [2.75, 3.05) is 15.9 Å². The quantitative estimate of drug-likeness (QED) is 0.602. The molecule has 0 bridgehead atoms. The van der Waals surface area contributed by atoms with Crippen LogP contribution in [0.25, 0.3) is 0 Å². The van der Waals surface area contributed by atoms with Crippen LogP contribution >= 0.6 is 0 Å². The fraction of sp³-hybridized carbons (Fsp3) is 0.174. The highest BCUT2D eigenvalue weighted by Crippen LogP contribution is 2.27. The van der Waals surface area contributed by atoms with E-state index in [-0.39, 0.29) is 0 Å². The maximum atomic E-state index is 12.8. The molecule has 0 saturated heterocycles. The number of amides is 1. The van der Waals surface area contributed by atoms with Gasteiger partial charge in [-0.15, -0.1) is 0 Å². The molecule has 0 heterocycles. The molecule has 156 valence electrons. The molecule has 3 rings (SSSR count). The first-order valence-corrected chi connectivity index (χ1v) is 11.3. The summed E-state index contributed by atoms with van der Waals surface area (Å²) in [5, 5.41) is 2.81. The normalized spacial score (nSPS) is 12.1. The molecular weight excluding hydrogens is 400 g/mol. The Balaban J connectivity index is 1.82. The molecule has 1 atom stereocenters. The van der Waals surface area contributed by atoms with Crippen LogP contribution in [0.2, 0.25) is 0 Å². The van der Waals surface area contributed by atoms with E-state index in [2.05, 4.69) is 5.32 Å². The molecule has 0 fully saturated rings. The minimum atomic E-state index is -3.70. The van der Waals surface area contributed by atoms with E-state index < -0.39 is 22.0 Å². The molecule has 1 amide bonds. The Bertz CT molecular complexity index is 1110. The third-order valence-electron chi connectivity index (χ3n) is 4.56. The Labute approximate surface area is 177 Å². The van der Waals surface area contributed by atoms with Crippen molar-refractivity contribution < 1.29 is 17.9 Å². The van der Waals surface area contributed by atoms with Crippen LogP contribution in [-0.4, -0.2) is 26.6 Å². The lowest BCUT2D eigenvalue weighted by Gasteiger charge is -2.28. The number of para-hydroxylation sites is 2. The largest absolute Gasteiger partial charge is 0.457 e. The minimum Gasteiger partial charge on any atom is -0.457 e. The SMILES string of the molecule is Cc1ccccc1NC(=O)[C@H](C)N(c1ccc(Oc2ccccc2)cc1)S(C)(=O)=O. The van der Waals surface area contributed by atoms with Gasteiger partial charge in [-0.3, -0.25) is 9.10 Å². The van der Waals surface area contributed by atoms with Gasteiger partial charge in [0.1, 0.15) is 17.5 Å². The van der Waals surface area contributed by atoms with Crippen molar-refractivity contribution in [1.29, 1.82) is 0 Å². The van der Waals surface area contributed by atoms with Crippen molar-refractivity contribution in [3.05, 3.63) is 84.4 Å². The van der Waals surface area contributed by atoms with E-state index in [1.807, 2.05) is 55.5 Å². The topological polar surface area (TPSA) is 75.7 Å². The van der Waals surface area contributed by atoms with Gasteiger partial charge in [-0.05, 0) is 61.9 Å². The number of benzene rings is 3. The molecule has 6 nitrogen and oxygen atoms in total. The Hall–Kier alpha value is -3.32. The van der Waals surface area contributed by atoms with Crippen LogP contribution in [0.4, 0.5) is 11.4 Å². The molecule has 0 spiro atoms. The summed E-state index contributed by atoms with van der Waals surface area (Å²) in [7, 11) is -3.70. The van der Waals surface area contributed by atoms with Crippen molar-refractivity contribution in [1.82, 2.24) is 0 Å². The van der Waals surface area contributed by atoms with Gasteiger partial charge in [0.05, 0.1) is 11.9 Å². The van der Waals surface area contributed by atoms with E-state index in [0.29, 0.717) is 22.9 Å². The summed E-state index contributed by atoms with van der Waals surface area (Å²) < 4.78 is 31.8. The molecule has 1 N–H and O–H groups in total. The van der Waals surface area contributed by atoms with Crippen molar-refractivity contribution in [3.63, 3.8) is 0 Å². The number of ether oxygens (including phenoxy) is 1. The fourth-order valence-electron chi connectivity index (χ4n) is 3.04. The van der Waals surface area contributed by atoms with Crippen LogP contribution in [0.1, 0.15) is 12.5 Å². The summed E-state index contributed by atoms with van der Waals surface area (Å²) >= 11 is 0. The van der Waals surface area contributed by atoms with E-state index in [4.69, 9.17) is 4.74 Å². The summed E-state index contributed by atoms with van der Waals surface area (Å²) in [6, 6.07) is 22.3. The second-order valence-corrected chi connectivity index (χ2v) is 8.81. The first-order chi connectivity index (χ1) is 14.3. The van der Waals surface area contributed by atoms with Crippen LogP contribution in [0.15, 0.2) is 78.9 Å². The fourth-order valence-corrected chi connectivity index (χ4v) is 4.22. The van der Waals surface area contributed by atoms with Crippen LogP contribution < -0.4 is 14.4 Å². The smallest absolute Gasteiger partial charge is 0.248 e. The molecule has 0 unspecified atom stereocenters. The van der Waals surface area contributed by atoms with Gasteiger partial charge >= 0.3 is 0 Å². The maximum absolute atomic E-state index is 12.8. The molecule has 3 aromatic rings. The zero-order valence-electron chi connectivity index (χ0n) is 17.1. The maximum Gasteiger partial charge on any atom is 0.248 e. The van der Waals surface area contributed by atoms with E-state index in [1.54, 1.807) is 37.3 Å². The first kappa shape index (κ1) is 21.4. The molecule has 0 aliphatic heterocycles. The zero-order chi connectivity index (χ0) is 21.7. The number of hydrogen-bond donors (Lipinski definition) is 1. The number of nitrogens with zero attached hydrogens (tertiary/aromatic N) is 1. The molecule has 0 aliphatic rings. The van der Waals surface area contributed by atoms with Gasteiger partial charge in [0.15, 0.2) is 0 Å². The van der Waals surface area contributed by atoms with Gasteiger partial charge in [-0.25, -0.2) is 8.42 Å². The van der Waals surface area contributed by atoms with Gasteiger partial charge in [-0.1, -0.05) is 36.4 Å². The standard InChI is InChI=1S/C23H24N2O4S/c1-17-9-7-8-12-22(17)24-23(26)18(2)25(30(3,27)28)19-13-15-21(16-14-19)29-20-10-5-4-6-11-20/h4-16,18H,1-3H3,(H,24,26)/t18-/m0/s1. The molecule has 0 saturated carbocycles. The number of aryl methyl sites for hydroxylation is 1. The second-order valence-electron chi connectivity index (χ2n) is 6.95. The van der Waals surface area contributed by atoms with Crippen LogP contribution in [0.3, 0.4) is 0 Å². The lowest BCUT2D eigenvalue weighted by Crippen LogP contribution is -2.45. The lowest BCUT2D eigenvalue weighted by atomic mass is 10.2. The molecule has 7 heteroatoms. The van der Waals surface area contributed by atoms with Gasteiger partial charge in [-0.2, -0.15) is 0 Å². The van der Waals surface area contributed by atoms with E-state index in [9.17, 15) is 13.2 Å². The minimum absolute atomic E-state index is 0.380. The Morgan fingerprint density at radius 3 is 2.07 bits per heavy atom. The number of rotatable bonds is 7. The Kier molecular flexibility index (Phi) is 6.42. The Morgan fingerprint density at radius 2 is 1.47 bits per heavy atom. The van der Waals surface area contributed by atoms with Crippen LogP contribution in [0.5, 0.6) is 11.5 Å². The van der Waals surface area contributed by atoms with Gasteiger partial charge < -0.3 is 10.1 Å². The number of hydrogen-bond acceptors (Lipinski definition) is 4. The highest BCUT2D eigenvalue weighted by molar-refractivity contribution is 7.92. The predicted octanol–water partition coefficient (Wildman–Crippen LogP) is 4.58. The summed E-state index contributed by atoms with van der Waals surface area (Å²) in [5.41, 5.74) is 1.92. The van der Waals surface area contributed by atoms with Gasteiger partial charge in [0, 0.05) is 5.69 Å².